The van der Waals surface area contributed by atoms with Crippen LogP contribution in [-0.4, -0.2) is 96.9 Å². The molecule has 0 spiro atoms. The van der Waals surface area contributed by atoms with E-state index in [1.54, 1.807) is 0 Å². The summed E-state index contributed by atoms with van der Waals surface area (Å²) in [7, 11) is 4.66. The molecule has 0 aliphatic rings. The fraction of sp³-hybridized carbons (Fsp3) is 1.00. The van der Waals surface area contributed by atoms with Crippen molar-refractivity contribution in [2.75, 3.05) is 73.6 Å². The molecule has 30 heavy (non-hydrogen) atoms. The Labute approximate surface area is 190 Å². The first kappa shape index (κ1) is 30.0. The van der Waals surface area contributed by atoms with Crippen molar-refractivity contribution in [3.8, 4) is 0 Å². The van der Waals surface area contributed by atoms with Gasteiger partial charge in [0.25, 0.3) is 0 Å². The van der Waals surface area contributed by atoms with Crippen molar-refractivity contribution in [3.63, 3.8) is 0 Å². The molecule has 0 heterocycles. The van der Waals surface area contributed by atoms with E-state index < -0.39 is 8.56 Å². The number of rotatable bonds is 20. The Morgan fingerprint density at radius 2 is 0.967 bits per heavy atom. The molecule has 0 fully saturated rings. The first-order valence-corrected chi connectivity index (χ1v) is 14.8. The highest BCUT2D eigenvalue weighted by molar-refractivity contribution is 6.67. The van der Waals surface area contributed by atoms with Gasteiger partial charge in [-0.3, -0.25) is 0 Å². The van der Waals surface area contributed by atoms with Crippen molar-refractivity contribution in [1.29, 1.82) is 0 Å². The zero-order chi connectivity index (χ0) is 23.0. The van der Waals surface area contributed by atoms with Crippen LogP contribution in [0, 0.1) is 5.41 Å². The number of nitrogens with zero attached hydrogens (tertiary/aromatic N) is 3. The van der Waals surface area contributed by atoms with Crippen LogP contribution < -0.4 is 0 Å². The van der Waals surface area contributed by atoms with E-state index in [1.807, 2.05) is 0 Å². The Bertz CT molecular complexity index is 370. The lowest BCUT2D eigenvalue weighted by Crippen LogP contribution is -2.44. The van der Waals surface area contributed by atoms with E-state index in [-0.39, 0.29) is 0 Å². The van der Waals surface area contributed by atoms with Crippen LogP contribution in [0.2, 0.25) is 12.1 Å². The minimum Gasteiger partial charge on any atom is -0.394 e. The van der Waals surface area contributed by atoms with E-state index in [0.717, 1.165) is 44.9 Å². The van der Waals surface area contributed by atoms with Gasteiger partial charge in [-0.2, -0.15) is 0 Å². The van der Waals surface area contributed by atoms with Gasteiger partial charge in [0, 0.05) is 13.2 Å². The van der Waals surface area contributed by atoms with E-state index in [0.29, 0.717) is 5.41 Å². The molecule has 0 unspecified atom stereocenters. The van der Waals surface area contributed by atoms with Crippen molar-refractivity contribution < 1.29 is 8.85 Å². The van der Waals surface area contributed by atoms with E-state index in [1.165, 1.54) is 45.3 Å². The summed E-state index contributed by atoms with van der Waals surface area (Å²) in [6, 6.07) is 2.16. The van der Waals surface area contributed by atoms with E-state index >= 15 is 0 Å². The predicted octanol–water partition coefficient (Wildman–Crippen LogP) is 4.92. The summed E-state index contributed by atoms with van der Waals surface area (Å²) < 4.78 is 12.7. The van der Waals surface area contributed by atoms with Gasteiger partial charge in [-0.1, -0.05) is 27.7 Å². The van der Waals surface area contributed by atoms with Gasteiger partial charge in [-0.05, 0) is 117 Å². The average molecular weight is 446 g/mol. The van der Waals surface area contributed by atoms with Crippen LogP contribution in [0.3, 0.4) is 0 Å². The molecular weight excluding hydrogens is 390 g/mol. The topological polar surface area (TPSA) is 28.2 Å². The Balaban J connectivity index is 5.63. The van der Waals surface area contributed by atoms with Gasteiger partial charge in [0.05, 0.1) is 0 Å². The molecule has 0 aromatic rings. The molecule has 0 aliphatic heterocycles. The van der Waals surface area contributed by atoms with Crippen LogP contribution >= 0.6 is 0 Å². The molecule has 0 aromatic heterocycles. The summed E-state index contributed by atoms with van der Waals surface area (Å²) in [6.07, 6.45) is 5.01. The van der Waals surface area contributed by atoms with Crippen molar-refractivity contribution in [2.24, 2.45) is 5.41 Å². The Morgan fingerprint density at radius 1 is 0.600 bits per heavy atom. The Morgan fingerprint density at radius 3 is 1.23 bits per heavy atom. The highest BCUT2D eigenvalue weighted by Gasteiger charge is 2.39. The van der Waals surface area contributed by atoms with Crippen LogP contribution in [0.1, 0.15) is 67.2 Å². The summed E-state index contributed by atoms with van der Waals surface area (Å²) in [5.41, 5.74) is 0.345. The van der Waals surface area contributed by atoms with Gasteiger partial charge >= 0.3 is 8.56 Å². The lowest BCUT2D eigenvalue weighted by atomic mass is 9.75. The normalized spacial score (nSPS) is 13.2. The maximum Gasteiger partial charge on any atom is 0.337 e. The molecule has 0 saturated carbocycles. The highest BCUT2D eigenvalue weighted by Crippen LogP contribution is 2.40. The van der Waals surface area contributed by atoms with Gasteiger partial charge in [-0.25, -0.2) is 0 Å². The van der Waals surface area contributed by atoms with Crippen LogP contribution in [-0.2, 0) is 8.85 Å². The largest absolute Gasteiger partial charge is 0.394 e. The molecule has 0 saturated heterocycles. The molecule has 0 amide bonds. The van der Waals surface area contributed by atoms with Gasteiger partial charge in [-0.15, -0.1) is 0 Å². The summed E-state index contributed by atoms with van der Waals surface area (Å²) in [5.74, 6) is 0. The molecule has 6 heteroatoms. The summed E-state index contributed by atoms with van der Waals surface area (Å²) >= 11 is 0. The fourth-order valence-corrected chi connectivity index (χ4v) is 7.15. The molecular formula is C24H55N3O2Si. The first-order chi connectivity index (χ1) is 14.3. The molecule has 0 atom stereocenters. The van der Waals surface area contributed by atoms with Gasteiger partial charge in [0.1, 0.15) is 0 Å². The first-order valence-electron chi connectivity index (χ1n) is 12.6. The van der Waals surface area contributed by atoms with Gasteiger partial charge in [0.2, 0.25) is 0 Å². The average Bonchev–Trinajstić information content (AvgIpc) is 2.77. The second kappa shape index (κ2) is 16.6. The number of hydrogen-bond acceptors (Lipinski definition) is 5. The molecule has 0 N–H and O–H groups in total. The lowest BCUT2D eigenvalue weighted by molar-refractivity contribution is 0.126. The van der Waals surface area contributed by atoms with E-state index in [9.17, 15) is 0 Å². The zero-order valence-corrected chi connectivity index (χ0v) is 23.1. The molecule has 0 aliphatic carbocycles. The van der Waals surface area contributed by atoms with Crippen molar-refractivity contribution >= 4 is 8.56 Å². The Kier molecular flexibility index (Phi) is 16.6. The molecule has 182 valence electrons. The molecule has 0 aromatic carbocycles. The summed E-state index contributed by atoms with van der Waals surface area (Å²) in [5, 5.41) is 0. The minimum absolute atomic E-state index is 0.345. The second-order valence-electron chi connectivity index (χ2n) is 9.07. The Hall–Kier alpha value is 0.0169. The van der Waals surface area contributed by atoms with Crippen molar-refractivity contribution in [2.45, 2.75) is 79.3 Å². The second-order valence-corrected chi connectivity index (χ2v) is 12.7. The van der Waals surface area contributed by atoms with Crippen molar-refractivity contribution in [3.05, 3.63) is 0 Å². The third-order valence-electron chi connectivity index (χ3n) is 7.08. The van der Waals surface area contributed by atoms with Gasteiger partial charge < -0.3 is 23.6 Å². The predicted molar refractivity (Wildman–Crippen MR) is 135 cm³/mol. The van der Waals surface area contributed by atoms with E-state index in [4.69, 9.17) is 8.85 Å². The van der Waals surface area contributed by atoms with Crippen LogP contribution in [0.5, 0.6) is 0 Å². The smallest absolute Gasteiger partial charge is 0.337 e. The minimum atomic E-state index is -2.11. The number of hydrogen-bond donors (Lipinski definition) is 0. The SMILES string of the molecule is CCO[Si](CC)(CCC(CCN(C)CC)(CCN(C)CC)CCN(C)CC)OCC. The monoisotopic (exact) mass is 445 g/mol. The maximum atomic E-state index is 6.34. The van der Waals surface area contributed by atoms with Gasteiger partial charge in [0.15, 0.2) is 0 Å². The maximum absolute atomic E-state index is 6.34. The van der Waals surface area contributed by atoms with Crippen LogP contribution in [0.25, 0.3) is 0 Å². The molecule has 0 rings (SSSR count). The highest BCUT2D eigenvalue weighted by atomic mass is 28.4. The third-order valence-corrected chi connectivity index (χ3v) is 10.8. The standard InChI is InChI=1S/C24H55N3O2Si/c1-10-25(7)20-16-24(17-21-26(8)11-2,18-22-27(9)12-3)19-23-30(15-6,28-13-4)29-14-5/h10-23H2,1-9H3. The lowest BCUT2D eigenvalue weighted by Gasteiger charge is -2.40. The molecule has 0 bridgehead atoms. The third kappa shape index (κ3) is 11.6. The zero-order valence-electron chi connectivity index (χ0n) is 22.1. The van der Waals surface area contributed by atoms with Crippen LogP contribution in [0.15, 0.2) is 0 Å². The summed E-state index contributed by atoms with van der Waals surface area (Å²) in [6.45, 7) is 21.7. The van der Waals surface area contributed by atoms with Crippen LogP contribution in [0.4, 0.5) is 0 Å². The quantitative estimate of drug-likeness (QED) is 0.248. The summed E-state index contributed by atoms with van der Waals surface area (Å²) in [4.78, 5) is 7.41. The fourth-order valence-electron chi connectivity index (χ4n) is 4.06. The molecule has 0 radical (unpaired) electrons. The van der Waals surface area contributed by atoms with E-state index in [2.05, 4.69) is 77.4 Å². The van der Waals surface area contributed by atoms with Crippen molar-refractivity contribution in [1.82, 2.24) is 14.7 Å². The molecule has 5 nitrogen and oxygen atoms in total.